The van der Waals surface area contributed by atoms with Crippen LogP contribution in [-0.2, 0) is 16.1 Å². The van der Waals surface area contributed by atoms with Crippen molar-refractivity contribution in [3.05, 3.63) is 41.2 Å². The molecule has 166 valence electrons. The van der Waals surface area contributed by atoms with Gasteiger partial charge in [-0.3, -0.25) is 9.59 Å². The van der Waals surface area contributed by atoms with Crippen molar-refractivity contribution in [2.24, 2.45) is 5.92 Å². The number of hydrogen-bond acceptors (Lipinski definition) is 5. The van der Waals surface area contributed by atoms with E-state index in [1.807, 2.05) is 4.90 Å². The van der Waals surface area contributed by atoms with Gasteiger partial charge in [-0.15, -0.1) is 5.10 Å². The fraction of sp³-hybridized carbons (Fsp3) is 0.565. The predicted molar refractivity (Wildman–Crippen MR) is 119 cm³/mol. The molecule has 0 N–H and O–H groups in total. The summed E-state index contributed by atoms with van der Waals surface area (Å²) in [5.41, 5.74) is 4.71. The first-order valence-corrected chi connectivity index (χ1v) is 11.1. The van der Waals surface area contributed by atoms with Crippen molar-refractivity contribution in [3.63, 3.8) is 0 Å². The van der Waals surface area contributed by atoms with Crippen molar-refractivity contribution in [1.29, 1.82) is 0 Å². The van der Waals surface area contributed by atoms with Gasteiger partial charge in [0.1, 0.15) is 12.6 Å². The lowest BCUT2D eigenvalue weighted by Gasteiger charge is -2.39. The smallest absolute Gasteiger partial charge is 0.248 e. The van der Waals surface area contributed by atoms with Crippen molar-refractivity contribution in [1.82, 2.24) is 24.8 Å². The van der Waals surface area contributed by atoms with Gasteiger partial charge < -0.3 is 14.7 Å². The largest absolute Gasteiger partial charge is 0.368 e. The summed E-state index contributed by atoms with van der Waals surface area (Å²) in [6, 6.07) is 5.99. The van der Waals surface area contributed by atoms with E-state index in [1.165, 1.54) is 16.8 Å². The summed E-state index contributed by atoms with van der Waals surface area (Å²) in [6.45, 7) is 11.9. The monoisotopic (exact) mass is 424 g/mol. The van der Waals surface area contributed by atoms with Crippen molar-refractivity contribution in [2.75, 3.05) is 37.6 Å². The number of fused-ring (bicyclic) bond motifs is 1. The second kappa shape index (κ2) is 8.69. The summed E-state index contributed by atoms with van der Waals surface area (Å²) in [5.74, 6) is 0.326. The van der Waals surface area contributed by atoms with Gasteiger partial charge >= 0.3 is 0 Å². The first-order valence-electron chi connectivity index (χ1n) is 11.1. The zero-order valence-electron chi connectivity index (χ0n) is 18.9. The van der Waals surface area contributed by atoms with Gasteiger partial charge in [-0.2, -0.15) is 0 Å². The minimum absolute atomic E-state index is 0.0122. The number of benzene rings is 1. The predicted octanol–water partition coefficient (Wildman–Crippen LogP) is 2.17. The minimum Gasteiger partial charge on any atom is -0.368 e. The Morgan fingerprint density at radius 1 is 1.16 bits per heavy atom. The summed E-state index contributed by atoms with van der Waals surface area (Å²) in [6.07, 6.45) is 2.38. The molecular formula is C23H32N6O2. The van der Waals surface area contributed by atoms with Crippen molar-refractivity contribution < 1.29 is 9.59 Å². The number of piperazine rings is 1. The maximum atomic E-state index is 13.1. The van der Waals surface area contributed by atoms with E-state index in [1.54, 1.807) is 15.8 Å². The van der Waals surface area contributed by atoms with E-state index >= 15 is 0 Å². The van der Waals surface area contributed by atoms with Crippen LogP contribution >= 0.6 is 0 Å². The van der Waals surface area contributed by atoms with Gasteiger partial charge in [0, 0.05) is 31.9 Å². The Morgan fingerprint density at radius 3 is 2.61 bits per heavy atom. The molecule has 0 saturated carbocycles. The highest BCUT2D eigenvalue weighted by Crippen LogP contribution is 2.27. The third-order valence-electron chi connectivity index (χ3n) is 6.46. The van der Waals surface area contributed by atoms with E-state index in [0.717, 1.165) is 18.8 Å². The second-order valence-electron chi connectivity index (χ2n) is 9.10. The third-order valence-corrected chi connectivity index (χ3v) is 6.46. The van der Waals surface area contributed by atoms with Crippen LogP contribution in [-0.4, -0.2) is 69.3 Å². The number of carbonyl (C=O) groups is 2. The van der Waals surface area contributed by atoms with E-state index in [0.29, 0.717) is 32.0 Å². The molecule has 2 aromatic rings. The van der Waals surface area contributed by atoms with Crippen LogP contribution in [0.25, 0.3) is 0 Å². The number of anilines is 1. The van der Waals surface area contributed by atoms with Crippen LogP contribution in [0, 0.1) is 19.8 Å². The lowest BCUT2D eigenvalue weighted by atomic mass is 10.0. The highest BCUT2D eigenvalue weighted by molar-refractivity contribution is 5.87. The first-order chi connectivity index (χ1) is 14.8. The third kappa shape index (κ3) is 4.29. The zero-order chi connectivity index (χ0) is 22.1. The minimum atomic E-state index is -0.375. The Morgan fingerprint density at radius 2 is 1.90 bits per heavy atom. The van der Waals surface area contributed by atoms with Gasteiger partial charge in [-0.1, -0.05) is 31.2 Å². The van der Waals surface area contributed by atoms with E-state index < -0.39 is 0 Å². The molecule has 4 rings (SSSR count). The standard InChI is InChI=1S/C23H32N6O2/c1-16(2)12-21-23(31)28(14-19-13-24-25-29(19)21)15-22(30)27-10-8-26(9-11-27)20-7-5-6-17(3)18(20)4/h5-7,13,16,21H,8-12,14-15H2,1-4H3. The molecule has 0 radical (unpaired) electrons. The van der Waals surface area contributed by atoms with E-state index in [2.05, 4.69) is 61.1 Å². The van der Waals surface area contributed by atoms with Gasteiger partial charge in [0.05, 0.1) is 18.4 Å². The zero-order valence-corrected chi connectivity index (χ0v) is 18.9. The molecule has 1 fully saturated rings. The van der Waals surface area contributed by atoms with Crippen molar-refractivity contribution in [2.45, 2.75) is 46.7 Å². The summed E-state index contributed by atoms with van der Waals surface area (Å²) in [7, 11) is 0. The molecule has 2 aliphatic rings. The fourth-order valence-electron chi connectivity index (χ4n) is 4.55. The first kappa shape index (κ1) is 21.3. The Labute approximate surface area is 183 Å². The van der Waals surface area contributed by atoms with Gasteiger partial charge in [0.2, 0.25) is 11.8 Å². The molecule has 2 aliphatic heterocycles. The van der Waals surface area contributed by atoms with E-state index in [9.17, 15) is 9.59 Å². The average molecular weight is 425 g/mol. The molecule has 8 nitrogen and oxygen atoms in total. The number of nitrogens with zero attached hydrogens (tertiary/aromatic N) is 6. The molecule has 1 unspecified atom stereocenters. The molecule has 31 heavy (non-hydrogen) atoms. The molecule has 1 atom stereocenters. The fourth-order valence-corrected chi connectivity index (χ4v) is 4.55. The Kier molecular flexibility index (Phi) is 5.98. The van der Waals surface area contributed by atoms with Crippen LogP contribution in [0.2, 0.25) is 0 Å². The Balaban J connectivity index is 1.39. The van der Waals surface area contributed by atoms with Gasteiger partial charge in [-0.25, -0.2) is 4.68 Å². The lowest BCUT2D eigenvalue weighted by Crippen LogP contribution is -2.53. The number of hydrogen-bond donors (Lipinski definition) is 0. The lowest BCUT2D eigenvalue weighted by molar-refractivity contribution is -0.145. The molecule has 1 aromatic heterocycles. The molecule has 3 heterocycles. The molecule has 0 aliphatic carbocycles. The quantitative estimate of drug-likeness (QED) is 0.735. The molecule has 0 spiro atoms. The van der Waals surface area contributed by atoms with Crippen LogP contribution in [0.3, 0.4) is 0 Å². The van der Waals surface area contributed by atoms with Crippen LogP contribution < -0.4 is 4.90 Å². The second-order valence-corrected chi connectivity index (χ2v) is 9.10. The maximum absolute atomic E-state index is 13.1. The van der Waals surface area contributed by atoms with E-state index in [-0.39, 0.29) is 24.4 Å². The summed E-state index contributed by atoms with van der Waals surface area (Å²) >= 11 is 0. The van der Waals surface area contributed by atoms with Gasteiger partial charge in [0.25, 0.3) is 0 Å². The molecule has 1 saturated heterocycles. The topological polar surface area (TPSA) is 74.6 Å². The summed E-state index contributed by atoms with van der Waals surface area (Å²) in [4.78, 5) is 32.0. The average Bonchev–Trinajstić information content (AvgIpc) is 3.21. The molecule has 0 bridgehead atoms. The Bertz CT molecular complexity index is 961. The van der Waals surface area contributed by atoms with E-state index in [4.69, 9.17) is 0 Å². The highest BCUT2D eigenvalue weighted by atomic mass is 16.2. The number of aryl methyl sites for hydroxylation is 1. The highest BCUT2D eigenvalue weighted by Gasteiger charge is 2.36. The molecule has 8 heteroatoms. The van der Waals surface area contributed by atoms with Crippen molar-refractivity contribution in [3.8, 4) is 0 Å². The SMILES string of the molecule is Cc1cccc(N2CCN(C(=O)CN3Cc4cnnn4C(CC(C)C)C3=O)CC2)c1C. The number of rotatable bonds is 5. The van der Waals surface area contributed by atoms with Crippen LogP contribution in [0.15, 0.2) is 24.4 Å². The Hall–Kier alpha value is -2.90. The number of carbonyl (C=O) groups excluding carboxylic acids is 2. The normalized spacial score (nSPS) is 19.2. The van der Waals surface area contributed by atoms with Crippen LogP contribution in [0.4, 0.5) is 5.69 Å². The van der Waals surface area contributed by atoms with Crippen molar-refractivity contribution >= 4 is 17.5 Å². The maximum Gasteiger partial charge on any atom is 0.248 e. The van der Waals surface area contributed by atoms with Crippen LogP contribution in [0.5, 0.6) is 0 Å². The van der Waals surface area contributed by atoms with Crippen LogP contribution in [0.1, 0.15) is 43.1 Å². The van der Waals surface area contributed by atoms with Gasteiger partial charge in [-0.05, 0) is 43.4 Å². The molecule has 1 aromatic carbocycles. The van der Waals surface area contributed by atoms with Gasteiger partial charge in [0.15, 0.2) is 0 Å². The number of amides is 2. The summed E-state index contributed by atoms with van der Waals surface area (Å²) in [5, 5.41) is 8.10. The molecule has 2 amide bonds. The number of aromatic nitrogens is 3. The molecular weight excluding hydrogens is 392 g/mol. The summed E-state index contributed by atoms with van der Waals surface area (Å²) < 4.78 is 1.73.